The van der Waals surface area contributed by atoms with E-state index in [-0.39, 0.29) is 5.78 Å². The third kappa shape index (κ3) is 3.68. The highest BCUT2D eigenvalue weighted by Crippen LogP contribution is 2.17. The van der Waals surface area contributed by atoms with E-state index in [0.29, 0.717) is 17.9 Å². The molecule has 2 nitrogen and oxygen atoms in total. The fraction of sp³-hybridized carbons (Fsp3) is 0.889. The molecule has 0 spiro atoms. The summed E-state index contributed by atoms with van der Waals surface area (Å²) in [5, 5.41) is 0.486. The number of hydrogen-bond acceptors (Lipinski definition) is 2. The summed E-state index contributed by atoms with van der Waals surface area (Å²) in [6.07, 6.45) is 5.49. The van der Waals surface area contributed by atoms with E-state index in [4.69, 9.17) is 4.74 Å². The second-order valence-corrected chi connectivity index (χ2v) is 3.76. The van der Waals surface area contributed by atoms with Crippen LogP contribution < -0.4 is 0 Å². The van der Waals surface area contributed by atoms with Crippen molar-refractivity contribution in [2.24, 2.45) is 0 Å². The van der Waals surface area contributed by atoms with Gasteiger partial charge in [0.15, 0.2) is 0 Å². The highest BCUT2D eigenvalue weighted by molar-refractivity contribution is 9.09. The molecule has 1 rings (SSSR count). The van der Waals surface area contributed by atoms with Crippen LogP contribution in [0.2, 0.25) is 0 Å². The van der Waals surface area contributed by atoms with Crippen molar-refractivity contribution in [3.63, 3.8) is 0 Å². The Bertz CT molecular complexity index is 141. The molecule has 0 aromatic heterocycles. The number of hydrogen-bond donors (Lipinski definition) is 0. The van der Waals surface area contributed by atoms with Gasteiger partial charge < -0.3 is 4.74 Å². The second kappa shape index (κ2) is 5.70. The lowest BCUT2D eigenvalue weighted by Gasteiger charge is -2.21. The third-order valence-corrected chi connectivity index (χ3v) is 2.79. The molecule has 0 amide bonds. The number of carbonyl (C=O) groups excluding carboxylic acids is 1. The molecule has 1 atom stereocenters. The highest BCUT2D eigenvalue weighted by Gasteiger charge is 2.14. The number of carbonyl (C=O) groups is 1. The number of Topliss-reactive ketones (excluding diaryl/α,β-unsaturated/α-hetero) is 1. The predicted octanol–water partition coefficient (Wildman–Crippen LogP) is 2.30. The zero-order valence-electron chi connectivity index (χ0n) is 7.22. The zero-order valence-corrected chi connectivity index (χ0v) is 8.81. The molecule has 0 aliphatic carbocycles. The Kier molecular flexibility index (Phi) is 4.84. The Morgan fingerprint density at radius 2 is 2.33 bits per heavy atom. The van der Waals surface area contributed by atoms with Crippen LogP contribution in [-0.2, 0) is 9.53 Å². The minimum atomic E-state index is 0.282. The molecule has 0 saturated carbocycles. The third-order valence-electron chi connectivity index (χ3n) is 2.17. The van der Waals surface area contributed by atoms with E-state index in [2.05, 4.69) is 15.9 Å². The fourth-order valence-electron chi connectivity index (χ4n) is 1.42. The van der Waals surface area contributed by atoms with Crippen LogP contribution in [0.3, 0.4) is 0 Å². The summed E-state index contributed by atoms with van der Waals surface area (Å²) in [6.45, 7) is 0.882. The molecule has 0 aromatic rings. The van der Waals surface area contributed by atoms with Crippen molar-refractivity contribution in [3.05, 3.63) is 0 Å². The summed E-state index contributed by atoms with van der Waals surface area (Å²) in [5.41, 5.74) is 0. The first-order valence-corrected chi connectivity index (χ1v) is 5.64. The van der Waals surface area contributed by atoms with Crippen molar-refractivity contribution in [1.82, 2.24) is 0 Å². The fourth-order valence-corrected chi connectivity index (χ4v) is 1.70. The van der Waals surface area contributed by atoms with Gasteiger partial charge in [-0.3, -0.25) is 4.79 Å². The maximum absolute atomic E-state index is 11.0. The second-order valence-electron chi connectivity index (χ2n) is 3.20. The summed E-state index contributed by atoms with van der Waals surface area (Å²) in [6, 6.07) is 0. The smallest absolute Gasteiger partial charge is 0.143 e. The average Bonchev–Trinajstić information content (AvgIpc) is 2.16. The Hall–Kier alpha value is 0.110. The topological polar surface area (TPSA) is 26.3 Å². The van der Waals surface area contributed by atoms with Crippen LogP contribution in [0.25, 0.3) is 0 Å². The molecule has 1 fully saturated rings. The lowest BCUT2D eigenvalue weighted by atomic mass is 10.0. The van der Waals surface area contributed by atoms with Crippen LogP contribution >= 0.6 is 15.9 Å². The largest absolute Gasteiger partial charge is 0.378 e. The molecule has 70 valence electrons. The van der Waals surface area contributed by atoms with Crippen LogP contribution in [0, 0.1) is 0 Å². The van der Waals surface area contributed by atoms with Gasteiger partial charge in [-0.25, -0.2) is 0 Å². The molecular formula is C9H15BrO2. The van der Waals surface area contributed by atoms with Crippen LogP contribution in [0.1, 0.15) is 32.1 Å². The quantitative estimate of drug-likeness (QED) is 0.699. The van der Waals surface area contributed by atoms with Gasteiger partial charge in [0.1, 0.15) is 5.78 Å². The van der Waals surface area contributed by atoms with E-state index in [1.54, 1.807) is 0 Å². The van der Waals surface area contributed by atoms with Crippen LogP contribution in [-0.4, -0.2) is 23.8 Å². The summed E-state index contributed by atoms with van der Waals surface area (Å²) < 4.78 is 5.51. The average molecular weight is 235 g/mol. The summed E-state index contributed by atoms with van der Waals surface area (Å²) in [7, 11) is 0. The number of ether oxygens (including phenoxy) is 1. The molecule has 12 heavy (non-hydrogen) atoms. The van der Waals surface area contributed by atoms with Gasteiger partial charge in [-0.1, -0.05) is 15.9 Å². The minimum absolute atomic E-state index is 0.282. The number of halogens is 1. The predicted molar refractivity (Wildman–Crippen MR) is 51.6 cm³/mol. The standard InChI is InChI=1S/C9H15BrO2/c10-7-8(11)4-5-9-3-1-2-6-12-9/h9H,1-7H2/t9-/m1/s1. The van der Waals surface area contributed by atoms with E-state index in [1.807, 2.05) is 0 Å². The maximum atomic E-state index is 11.0. The van der Waals surface area contributed by atoms with Crippen LogP contribution in [0.4, 0.5) is 0 Å². The summed E-state index contributed by atoms with van der Waals surface area (Å²) >= 11 is 3.15. The van der Waals surface area contributed by atoms with Gasteiger partial charge in [-0.05, 0) is 25.7 Å². The van der Waals surface area contributed by atoms with E-state index >= 15 is 0 Å². The van der Waals surface area contributed by atoms with Crippen LogP contribution in [0.5, 0.6) is 0 Å². The first-order valence-electron chi connectivity index (χ1n) is 4.52. The van der Waals surface area contributed by atoms with Gasteiger partial charge in [-0.2, -0.15) is 0 Å². The van der Waals surface area contributed by atoms with E-state index in [9.17, 15) is 4.79 Å². The number of alkyl halides is 1. The van der Waals surface area contributed by atoms with Gasteiger partial charge >= 0.3 is 0 Å². The Balaban J connectivity index is 2.09. The highest BCUT2D eigenvalue weighted by atomic mass is 79.9. The molecule has 0 aromatic carbocycles. The first kappa shape index (κ1) is 10.2. The number of rotatable bonds is 4. The van der Waals surface area contributed by atoms with Gasteiger partial charge in [0, 0.05) is 13.0 Å². The van der Waals surface area contributed by atoms with Crippen molar-refractivity contribution in [2.75, 3.05) is 11.9 Å². The minimum Gasteiger partial charge on any atom is -0.378 e. The van der Waals surface area contributed by atoms with Crippen molar-refractivity contribution >= 4 is 21.7 Å². The van der Waals surface area contributed by atoms with Gasteiger partial charge in [0.2, 0.25) is 0 Å². The molecule has 0 radical (unpaired) electrons. The van der Waals surface area contributed by atoms with E-state index in [0.717, 1.165) is 19.4 Å². The molecule has 0 N–H and O–H groups in total. The van der Waals surface area contributed by atoms with Gasteiger partial charge in [-0.15, -0.1) is 0 Å². The van der Waals surface area contributed by atoms with E-state index in [1.165, 1.54) is 12.8 Å². The molecule has 1 saturated heterocycles. The molecule has 1 heterocycles. The molecule has 1 aliphatic heterocycles. The van der Waals surface area contributed by atoms with Crippen LogP contribution in [0.15, 0.2) is 0 Å². The van der Waals surface area contributed by atoms with Gasteiger partial charge in [0.05, 0.1) is 11.4 Å². The first-order chi connectivity index (χ1) is 5.83. The van der Waals surface area contributed by atoms with Crippen molar-refractivity contribution in [2.45, 2.75) is 38.2 Å². The zero-order chi connectivity index (χ0) is 8.81. The maximum Gasteiger partial charge on any atom is 0.143 e. The van der Waals surface area contributed by atoms with Crippen molar-refractivity contribution in [3.8, 4) is 0 Å². The summed E-state index contributed by atoms with van der Waals surface area (Å²) in [4.78, 5) is 11.0. The molecule has 1 aliphatic rings. The Morgan fingerprint density at radius 1 is 1.50 bits per heavy atom. The Labute approximate surface area is 81.8 Å². The lowest BCUT2D eigenvalue weighted by molar-refractivity contribution is -0.117. The van der Waals surface area contributed by atoms with Crippen molar-refractivity contribution < 1.29 is 9.53 Å². The normalized spacial score (nSPS) is 23.9. The van der Waals surface area contributed by atoms with E-state index < -0.39 is 0 Å². The molecule has 3 heteroatoms. The SMILES string of the molecule is O=C(CBr)CC[C@H]1CCCCO1. The Morgan fingerprint density at radius 3 is 2.92 bits per heavy atom. The molecule has 0 unspecified atom stereocenters. The lowest BCUT2D eigenvalue weighted by Crippen LogP contribution is -2.20. The molecule has 0 bridgehead atoms. The number of ketones is 1. The van der Waals surface area contributed by atoms with Crippen molar-refractivity contribution in [1.29, 1.82) is 0 Å². The van der Waals surface area contributed by atoms with Gasteiger partial charge in [0.25, 0.3) is 0 Å². The monoisotopic (exact) mass is 234 g/mol. The molecular weight excluding hydrogens is 220 g/mol. The summed E-state index contributed by atoms with van der Waals surface area (Å²) in [5.74, 6) is 0.282.